The first-order valence-electron chi connectivity index (χ1n) is 6.36. The molecular weight excluding hydrogens is 248 g/mol. The zero-order valence-electron chi connectivity index (χ0n) is 10.9. The van der Waals surface area contributed by atoms with Crippen LogP contribution in [0.1, 0.15) is 25.3 Å². The Morgan fingerprint density at radius 3 is 2.50 bits per heavy atom. The molecular formula is C13H22N2O2S. The smallest absolute Gasteiger partial charge is 0.211 e. The molecule has 0 saturated carbocycles. The number of nitrogens with one attached hydrogen (secondary N) is 2. The normalized spacial score (nSPS) is 11.6. The minimum Gasteiger partial charge on any atom is -0.317 e. The summed E-state index contributed by atoms with van der Waals surface area (Å²) in [6.45, 7) is 4.22. The number of hydrogen-bond acceptors (Lipinski definition) is 3. The summed E-state index contributed by atoms with van der Waals surface area (Å²) in [7, 11) is -3.14. The van der Waals surface area contributed by atoms with E-state index >= 15 is 0 Å². The van der Waals surface area contributed by atoms with Crippen LogP contribution in [0.15, 0.2) is 30.3 Å². The van der Waals surface area contributed by atoms with Crippen molar-refractivity contribution in [1.29, 1.82) is 0 Å². The molecule has 0 unspecified atom stereocenters. The lowest BCUT2D eigenvalue weighted by atomic mass is 10.2. The van der Waals surface area contributed by atoms with Crippen molar-refractivity contribution in [2.24, 2.45) is 0 Å². The van der Waals surface area contributed by atoms with Gasteiger partial charge in [0, 0.05) is 6.54 Å². The highest BCUT2D eigenvalue weighted by molar-refractivity contribution is 7.89. The molecule has 4 nitrogen and oxygen atoms in total. The molecule has 1 aromatic rings. The van der Waals surface area contributed by atoms with E-state index in [0.717, 1.165) is 25.1 Å². The van der Waals surface area contributed by atoms with E-state index in [1.54, 1.807) is 0 Å². The van der Waals surface area contributed by atoms with Crippen LogP contribution in [0.5, 0.6) is 0 Å². The Labute approximate surface area is 110 Å². The maximum Gasteiger partial charge on any atom is 0.211 e. The van der Waals surface area contributed by atoms with Crippen LogP contribution in [0.2, 0.25) is 0 Å². The van der Waals surface area contributed by atoms with Gasteiger partial charge in [-0.15, -0.1) is 0 Å². The fourth-order valence-electron chi connectivity index (χ4n) is 1.58. The molecule has 0 spiro atoms. The van der Waals surface area contributed by atoms with Crippen molar-refractivity contribution >= 4 is 10.0 Å². The Kier molecular flexibility index (Phi) is 6.93. The van der Waals surface area contributed by atoms with Crippen LogP contribution in [0.25, 0.3) is 0 Å². The first kappa shape index (κ1) is 15.1. The van der Waals surface area contributed by atoms with Gasteiger partial charge in [0.2, 0.25) is 10.0 Å². The van der Waals surface area contributed by atoms with E-state index in [0.29, 0.717) is 13.0 Å². The monoisotopic (exact) mass is 270 g/mol. The number of sulfonamides is 1. The molecule has 0 atom stereocenters. The molecule has 18 heavy (non-hydrogen) atoms. The molecule has 2 N–H and O–H groups in total. The minimum atomic E-state index is -3.14. The highest BCUT2D eigenvalue weighted by Crippen LogP contribution is 2.00. The van der Waals surface area contributed by atoms with Gasteiger partial charge in [0.15, 0.2) is 0 Å². The number of unbranched alkanes of at least 4 members (excludes halogenated alkanes) is 1. The lowest BCUT2D eigenvalue weighted by Gasteiger charge is -2.07. The van der Waals surface area contributed by atoms with Crippen LogP contribution in [0, 0.1) is 0 Å². The molecule has 0 fully saturated rings. The van der Waals surface area contributed by atoms with Gasteiger partial charge in [0.25, 0.3) is 0 Å². The van der Waals surface area contributed by atoms with Crippen molar-refractivity contribution in [2.45, 2.75) is 26.3 Å². The fraction of sp³-hybridized carbons (Fsp3) is 0.538. The molecule has 0 saturated heterocycles. The van der Waals surface area contributed by atoms with Crippen LogP contribution in [-0.2, 0) is 16.6 Å². The summed E-state index contributed by atoms with van der Waals surface area (Å²) in [5.41, 5.74) is 0.980. The minimum absolute atomic E-state index is 0.200. The number of hydrogen-bond donors (Lipinski definition) is 2. The first-order chi connectivity index (χ1) is 8.64. The van der Waals surface area contributed by atoms with Crippen molar-refractivity contribution in [3.63, 3.8) is 0 Å². The highest BCUT2D eigenvalue weighted by Gasteiger charge is 2.08. The molecule has 0 aromatic heterocycles. The van der Waals surface area contributed by atoms with E-state index in [1.807, 2.05) is 37.3 Å². The van der Waals surface area contributed by atoms with Gasteiger partial charge in [-0.25, -0.2) is 13.1 Å². The fourth-order valence-corrected chi connectivity index (χ4v) is 2.70. The Morgan fingerprint density at radius 1 is 1.11 bits per heavy atom. The third-order valence-corrected chi connectivity index (χ3v) is 4.02. The molecule has 0 aliphatic carbocycles. The molecule has 1 aromatic carbocycles. The molecule has 102 valence electrons. The third-order valence-electron chi connectivity index (χ3n) is 2.61. The first-order valence-corrected chi connectivity index (χ1v) is 8.01. The van der Waals surface area contributed by atoms with Gasteiger partial charge in [-0.3, -0.25) is 0 Å². The Morgan fingerprint density at radius 2 is 1.83 bits per heavy atom. The van der Waals surface area contributed by atoms with E-state index in [1.165, 1.54) is 0 Å². The molecule has 0 radical (unpaired) electrons. The van der Waals surface area contributed by atoms with Crippen LogP contribution >= 0.6 is 0 Å². The molecule has 0 heterocycles. The Hall–Kier alpha value is -0.910. The molecule has 1 rings (SSSR count). The van der Waals surface area contributed by atoms with Gasteiger partial charge >= 0.3 is 0 Å². The summed E-state index contributed by atoms with van der Waals surface area (Å²) in [6, 6.07) is 9.54. The average Bonchev–Trinajstić information content (AvgIpc) is 2.38. The standard InChI is InChI=1S/C13H22N2O2S/c1-2-14-10-6-7-11-18(16,17)15-12-13-8-4-3-5-9-13/h3-5,8-9,14-15H,2,6-7,10-12H2,1H3. The predicted molar refractivity (Wildman–Crippen MR) is 74.8 cm³/mol. The SMILES string of the molecule is CCNCCCCS(=O)(=O)NCc1ccccc1. The third kappa shape index (κ3) is 6.74. The second-order valence-electron chi connectivity index (χ2n) is 4.19. The Bertz CT molecular complexity index is 418. The molecule has 0 aliphatic rings. The second kappa shape index (κ2) is 8.24. The summed E-state index contributed by atoms with van der Waals surface area (Å²) < 4.78 is 26.0. The van der Waals surface area contributed by atoms with Crippen molar-refractivity contribution < 1.29 is 8.42 Å². The maximum atomic E-state index is 11.7. The average molecular weight is 270 g/mol. The van der Waals surface area contributed by atoms with Gasteiger partial charge in [-0.05, 0) is 31.5 Å². The van der Waals surface area contributed by atoms with Crippen LogP contribution in [0.4, 0.5) is 0 Å². The Balaban J connectivity index is 2.23. The van der Waals surface area contributed by atoms with Gasteiger partial charge in [0.05, 0.1) is 5.75 Å². The number of rotatable bonds is 9. The zero-order valence-corrected chi connectivity index (χ0v) is 11.7. The van der Waals surface area contributed by atoms with Crippen LogP contribution < -0.4 is 10.0 Å². The highest BCUT2D eigenvalue weighted by atomic mass is 32.2. The molecule has 0 amide bonds. The second-order valence-corrected chi connectivity index (χ2v) is 6.11. The van der Waals surface area contributed by atoms with Crippen molar-refractivity contribution in [3.05, 3.63) is 35.9 Å². The summed E-state index contributed by atoms with van der Waals surface area (Å²) >= 11 is 0. The van der Waals surface area contributed by atoms with E-state index in [-0.39, 0.29) is 5.75 Å². The predicted octanol–water partition coefficient (Wildman–Crippen LogP) is 1.50. The van der Waals surface area contributed by atoms with E-state index in [2.05, 4.69) is 10.0 Å². The maximum absolute atomic E-state index is 11.7. The van der Waals surface area contributed by atoms with Gasteiger partial charge in [0.1, 0.15) is 0 Å². The number of benzene rings is 1. The molecule has 5 heteroatoms. The van der Waals surface area contributed by atoms with Crippen molar-refractivity contribution in [1.82, 2.24) is 10.0 Å². The lowest BCUT2D eigenvalue weighted by molar-refractivity contribution is 0.574. The van der Waals surface area contributed by atoms with Crippen LogP contribution in [-0.4, -0.2) is 27.3 Å². The van der Waals surface area contributed by atoms with E-state index in [9.17, 15) is 8.42 Å². The van der Waals surface area contributed by atoms with Gasteiger partial charge < -0.3 is 5.32 Å². The van der Waals surface area contributed by atoms with E-state index in [4.69, 9.17) is 0 Å². The molecule has 0 aliphatic heterocycles. The van der Waals surface area contributed by atoms with Crippen LogP contribution in [0.3, 0.4) is 0 Å². The zero-order chi connectivity index (χ0) is 13.3. The van der Waals surface area contributed by atoms with E-state index < -0.39 is 10.0 Å². The van der Waals surface area contributed by atoms with Crippen molar-refractivity contribution in [2.75, 3.05) is 18.8 Å². The summed E-state index contributed by atoms with van der Waals surface area (Å²) in [4.78, 5) is 0. The topological polar surface area (TPSA) is 58.2 Å². The molecule has 0 bridgehead atoms. The summed E-state index contributed by atoms with van der Waals surface area (Å²) in [5, 5.41) is 3.18. The van der Waals surface area contributed by atoms with Gasteiger partial charge in [-0.1, -0.05) is 37.3 Å². The van der Waals surface area contributed by atoms with Crippen molar-refractivity contribution in [3.8, 4) is 0 Å². The summed E-state index contributed by atoms with van der Waals surface area (Å²) in [6.07, 6.45) is 1.58. The van der Waals surface area contributed by atoms with Gasteiger partial charge in [-0.2, -0.15) is 0 Å². The largest absolute Gasteiger partial charge is 0.317 e. The quantitative estimate of drug-likeness (QED) is 0.669. The lowest BCUT2D eigenvalue weighted by Crippen LogP contribution is -2.26. The summed E-state index contributed by atoms with van der Waals surface area (Å²) in [5.74, 6) is 0.200.